The summed E-state index contributed by atoms with van der Waals surface area (Å²) in [7, 11) is 0. The van der Waals surface area contributed by atoms with Crippen LogP contribution >= 0.6 is 0 Å². The number of carbonyl (C=O) groups excluding carboxylic acids is 2. The van der Waals surface area contributed by atoms with E-state index in [0.29, 0.717) is 11.1 Å². The van der Waals surface area contributed by atoms with E-state index >= 15 is 0 Å². The molecule has 0 atom stereocenters. The minimum absolute atomic E-state index is 0.0413. The zero-order valence-corrected chi connectivity index (χ0v) is 14.2. The average molecular weight is 364 g/mol. The van der Waals surface area contributed by atoms with E-state index in [9.17, 15) is 19.8 Å². The number of phenols is 6. The van der Waals surface area contributed by atoms with Crippen molar-refractivity contribution in [3.8, 4) is 34.5 Å². The van der Waals surface area contributed by atoms with Crippen LogP contribution in [0.1, 0.15) is 25.0 Å². The summed E-state index contributed by atoms with van der Waals surface area (Å²) >= 11 is 0. The molecule has 8 nitrogen and oxygen atoms in total. The number of ketones is 2. The van der Waals surface area contributed by atoms with Crippen molar-refractivity contribution in [1.29, 1.82) is 0 Å². The van der Waals surface area contributed by atoms with Crippen molar-refractivity contribution in [3.05, 3.63) is 35.4 Å². The molecule has 0 amide bonds. The highest BCUT2D eigenvalue weighted by atomic mass is 16.3. The molecule has 0 fully saturated rings. The van der Waals surface area contributed by atoms with Crippen LogP contribution in [0, 0.1) is 0 Å². The molecular weight excluding hydrogens is 344 g/mol. The molecule has 2 aromatic carbocycles. The molecule has 0 aliphatic heterocycles. The molecule has 0 aliphatic rings. The van der Waals surface area contributed by atoms with Crippen molar-refractivity contribution in [2.75, 3.05) is 0 Å². The fourth-order valence-corrected chi connectivity index (χ4v) is 2.04. The van der Waals surface area contributed by atoms with Gasteiger partial charge in [0.15, 0.2) is 23.0 Å². The Balaban J connectivity index is 0.000000260. The fourth-order valence-electron chi connectivity index (χ4n) is 2.04. The summed E-state index contributed by atoms with van der Waals surface area (Å²) in [6.07, 6.45) is 0.0827. The van der Waals surface area contributed by atoms with Crippen molar-refractivity contribution in [1.82, 2.24) is 0 Å². The molecule has 2 rings (SSSR count). The maximum Gasteiger partial charge on any atom is 0.200 e. The van der Waals surface area contributed by atoms with E-state index in [1.807, 2.05) is 0 Å². The first-order valence-electron chi connectivity index (χ1n) is 7.48. The van der Waals surface area contributed by atoms with Crippen LogP contribution in [0.5, 0.6) is 34.5 Å². The third-order valence-electron chi connectivity index (χ3n) is 3.27. The molecule has 140 valence electrons. The quantitative estimate of drug-likeness (QED) is 0.355. The summed E-state index contributed by atoms with van der Waals surface area (Å²) in [4.78, 5) is 21.4. The highest BCUT2D eigenvalue weighted by molar-refractivity contribution is 5.80. The van der Waals surface area contributed by atoms with Gasteiger partial charge in [-0.1, -0.05) is 6.07 Å². The fraction of sp³-hybridized carbons (Fsp3) is 0.222. The monoisotopic (exact) mass is 364 g/mol. The van der Waals surface area contributed by atoms with E-state index in [4.69, 9.17) is 20.4 Å². The van der Waals surface area contributed by atoms with Crippen LogP contribution in [0.2, 0.25) is 0 Å². The van der Waals surface area contributed by atoms with E-state index in [-0.39, 0.29) is 35.9 Å². The van der Waals surface area contributed by atoms with Crippen LogP contribution in [0.3, 0.4) is 0 Å². The standard InChI is InChI=1S/2C9H10O4/c1-5(10)2-6-3-8(12)9(13)4-7(6)11;1-5(10)4-6-2-3-7(11)9(13)8(6)12/h3-4,11-13H,2H2,1H3;2-3,11-13H,4H2,1H3. The second-order valence-electron chi connectivity index (χ2n) is 5.67. The summed E-state index contributed by atoms with van der Waals surface area (Å²) in [5, 5.41) is 54.6. The molecule has 0 bridgehead atoms. The Kier molecular flexibility index (Phi) is 6.83. The molecule has 0 aromatic heterocycles. The number of rotatable bonds is 4. The highest BCUT2D eigenvalue weighted by Crippen LogP contribution is 2.37. The van der Waals surface area contributed by atoms with Crippen LogP contribution < -0.4 is 0 Å². The maximum atomic E-state index is 10.7. The van der Waals surface area contributed by atoms with Gasteiger partial charge < -0.3 is 30.6 Å². The number of hydrogen-bond donors (Lipinski definition) is 6. The molecule has 0 radical (unpaired) electrons. The summed E-state index contributed by atoms with van der Waals surface area (Å²) < 4.78 is 0. The van der Waals surface area contributed by atoms with Gasteiger partial charge in [-0.3, -0.25) is 9.59 Å². The van der Waals surface area contributed by atoms with E-state index in [0.717, 1.165) is 6.07 Å². The molecule has 0 unspecified atom stereocenters. The van der Waals surface area contributed by atoms with Gasteiger partial charge in [-0.05, 0) is 26.0 Å². The van der Waals surface area contributed by atoms with Crippen LogP contribution in [0.25, 0.3) is 0 Å². The van der Waals surface area contributed by atoms with Crippen molar-refractivity contribution in [3.63, 3.8) is 0 Å². The molecule has 0 saturated carbocycles. The van der Waals surface area contributed by atoms with E-state index in [1.165, 1.54) is 32.0 Å². The molecule has 8 heteroatoms. The summed E-state index contributed by atoms with van der Waals surface area (Å²) in [5.41, 5.74) is 0.616. The van der Waals surface area contributed by atoms with Gasteiger partial charge in [0, 0.05) is 30.0 Å². The molecule has 26 heavy (non-hydrogen) atoms. The van der Waals surface area contributed by atoms with Crippen molar-refractivity contribution in [2.24, 2.45) is 0 Å². The van der Waals surface area contributed by atoms with Gasteiger partial charge in [0.2, 0.25) is 5.75 Å². The Bertz CT molecular complexity index is 812. The zero-order chi connectivity index (χ0) is 20.0. The predicted octanol–water partition coefficient (Wildman–Crippen LogP) is 1.87. The summed E-state index contributed by atoms with van der Waals surface area (Å²) in [6.45, 7) is 2.76. The number of carbonyl (C=O) groups is 2. The molecule has 0 aliphatic carbocycles. The Labute approximate surface area is 149 Å². The molecular formula is C18H20O8. The Hall–Kier alpha value is -3.42. The van der Waals surface area contributed by atoms with Gasteiger partial charge >= 0.3 is 0 Å². The van der Waals surface area contributed by atoms with Crippen LogP contribution in [0.15, 0.2) is 24.3 Å². The smallest absolute Gasteiger partial charge is 0.200 e. The van der Waals surface area contributed by atoms with Crippen LogP contribution in [-0.2, 0) is 22.4 Å². The van der Waals surface area contributed by atoms with Crippen molar-refractivity contribution >= 4 is 11.6 Å². The number of phenolic OH excluding ortho intramolecular Hbond substituents is 6. The predicted molar refractivity (Wildman–Crippen MR) is 91.6 cm³/mol. The Morgan fingerprint density at radius 3 is 1.69 bits per heavy atom. The molecule has 2 aromatic rings. The number of hydrogen-bond acceptors (Lipinski definition) is 8. The third kappa shape index (κ3) is 5.59. The van der Waals surface area contributed by atoms with E-state index in [1.54, 1.807) is 0 Å². The lowest BCUT2D eigenvalue weighted by Crippen LogP contribution is -1.96. The first-order chi connectivity index (χ1) is 12.0. The van der Waals surface area contributed by atoms with E-state index < -0.39 is 23.0 Å². The third-order valence-corrected chi connectivity index (χ3v) is 3.27. The normalized spacial score (nSPS) is 9.92. The van der Waals surface area contributed by atoms with Gasteiger partial charge in [-0.25, -0.2) is 0 Å². The molecule has 0 heterocycles. The second-order valence-corrected chi connectivity index (χ2v) is 5.67. The average Bonchev–Trinajstić information content (AvgIpc) is 2.53. The number of aromatic hydroxyl groups is 6. The van der Waals surface area contributed by atoms with Gasteiger partial charge in [-0.15, -0.1) is 0 Å². The first kappa shape index (κ1) is 20.6. The van der Waals surface area contributed by atoms with Crippen molar-refractivity contribution < 1.29 is 40.2 Å². The number of benzene rings is 2. The zero-order valence-electron chi connectivity index (χ0n) is 14.2. The molecule has 0 spiro atoms. The van der Waals surface area contributed by atoms with E-state index in [2.05, 4.69) is 0 Å². The molecule has 6 N–H and O–H groups in total. The topological polar surface area (TPSA) is 156 Å². The van der Waals surface area contributed by atoms with Gasteiger partial charge in [-0.2, -0.15) is 0 Å². The molecule has 0 saturated heterocycles. The minimum atomic E-state index is -0.584. The van der Waals surface area contributed by atoms with Crippen LogP contribution in [0.4, 0.5) is 0 Å². The number of Topliss-reactive ketones (excluding diaryl/α,β-unsaturated/α-hetero) is 2. The second kappa shape index (κ2) is 8.61. The Morgan fingerprint density at radius 2 is 1.15 bits per heavy atom. The summed E-state index contributed by atoms with van der Waals surface area (Å²) in [6, 6.07) is 4.80. The minimum Gasteiger partial charge on any atom is -0.508 e. The lowest BCUT2D eigenvalue weighted by Gasteiger charge is -2.05. The largest absolute Gasteiger partial charge is 0.508 e. The highest BCUT2D eigenvalue weighted by Gasteiger charge is 2.11. The van der Waals surface area contributed by atoms with Crippen molar-refractivity contribution in [2.45, 2.75) is 26.7 Å². The van der Waals surface area contributed by atoms with Gasteiger partial charge in [0.05, 0.1) is 0 Å². The SMILES string of the molecule is CC(=O)Cc1cc(O)c(O)cc1O.CC(=O)Cc1ccc(O)c(O)c1O. The van der Waals surface area contributed by atoms with Crippen LogP contribution in [-0.4, -0.2) is 42.2 Å². The van der Waals surface area contributed by atoms with Gasteiger partial charge in [0.1, 0.15) is 17.3 Å². The first-order valence-corrected chi connectivity index (χ1v) is 7.48. The Morgan fingerprint density at radius 1 is 0.654 bits per heavy atom. The lowest BCUT2D eigenvalue weighted by atomic mass is 10.1. The van der Waals surface area contributed by atoms with Gasteiger partial charge in [0.25, 0.3) is 0 Å². The maximum absolute atomic E-state index is 10.7. The summed E-state index contributed by atoms with van der Waals surface area (Å²) in [5.74, 6) is -2.59. The lowest BCUT2D eigenvalue weighted by molar-refractivity contribution is -0.117.